The number of halogens is 2. The fourth-order valence-corrected chi connectivity index (χ4v) is 4.63. The van der Waals surface area contributed by atoms with Gasteiger partial charge in [-0.3, -0.25) is 0 Å². The third-order valence-electron chi connectivity index (χ3n) is 6.13. The molecule has 210 valence electrons. The first-order valence-corrected chi connectivity index (χ1v) is 13.5. The van der Waals surface area contributed by atoms with Gasteiger partial charge in [0.05, 0.1) is 16.2 Å². The van der Waals surface area contributed by atoms with E-state index in [9.17, 15) is 9.59 Å². The molecule has 4 rings (SSSR count). The molecule has 1 aliphatic rings. The topological polar surface area (TPSA) is 111 Å². The van der Waals surface area contributed by atoms with Crippen LogP contribution < -0.4 is 10.2 Å². The van der Waals surface area contributed by atoms with Crippen LogP contribution in [0.25, 0.3) is 22.4 Å². The van der Waals surface area contributed by atoms with Crippen molar-refractivity contribution < 1.29 is 19.1 Å². The van der Waals surface area contributed by atoms with Crippen LogP contribution in [-0.4, -0.2) is 61.8 Å². The first kappa shape index (κ1) is 28.9. The van der Waals surface area contributed by atoms with Gasteiger partial charge in [-0.25, -0.2) is 19.6 Å². The van der Waals surface area contributed by atoms with Crippen molar-refractivity contribution >= 4 is 52.4 Å². The lowest BCUT2D eigenvalue weighted by Gasteiger charge is -2.40. The summed E-state index contributed by atoms with van der Waals surface area (Å²) in [6.45, 7) is 14.1. The molecule has 2 aromatic heterocycles. The summed E-state index contributed by atoms with van der Waals surface area (Å²) < 4.78 is 12.1. The number of alkyl carbamates (subject to hydrolysis) is 1. The minimum Gasteiger partial charge on any atom is -0.444 e. The maximum atomic E-state index is 13.1. The molecule has 0 unspecified atom stereocenters. The number of amides is 1. The zero-order chi connectivity index (χ0) is 28.8. The highest BCUT2D eigenvalue weighted by molar-refractivity contribution is 6.43. The quantitative estimate of drug-likeness (QED) is 0.377. The Kier molecular flexibility index (Phi) is 7.75. The minimum absolute atomic E-state index is 0.244. The number of benzene rings is 1. The molecule has 0 saturated carbocycles. The van der Waals surface area contributed by atoms with E-state index in [-0.39, 0.29) is 5.65 Å². The first-order valence-electron chi connectivity index (χ1n) is 12.7. The van der Waals surface area contributed by atoms with Crippen LogP contribution in [-0.2, 0) is 9.47 Å². The fourth-order valence-electron chi connectivity index (χ4n) is 4.24. The Morgan fingerprint density at radius 2 is 1.67 bits per heavy atom. The predicted molar refractivity (Wildman–Crippen MR) is 152 cm³/mol. The highest BCUT2D eigenvalue weighted by atomic mass is 35.5. The van der Waals surface area contributed by atoms with E-state index in [2.05, 4.69) is 20.3 Å². The van der Waals surface area contributed by atoms with Gasteiger partial charge in [-0.05, 0) is 67.4 Å². The molecule has 1 N–H and O–H groups in total. The van der Waals surface area contributed by atoms with E-state index in [1.54, 1.807) is 45.2 Å². The Morgan fingerprint density at radius 1 is 1.03 bits per heavy atom. The summed E-state index contributed by atoms with van der Waals surface area (Å²) >= 11 is 12.7. The predicted octanol–water partition coefficient (Wildman–Crippen LogP) is 6.47. The van der Waals surface area contributed by atoms with Gasteiger partial charge in [0.15, 0.2) is 5.65 Å². The molecule has 3 heterocycles. The van der Waals surface area contributed by atoms with Crippen LogP contribution in [0.3, 0.4) is 0 Å². The number of nitrogens with zero attached hydrogens (tertiary/aromatic N) is 5. The monoisotopic (exact) mass is 576 g/mol. The number of ether oxygens (including phenoxy) is 2. The summed E-state index contributed by atoms with van der Waals surface area (Å²) in [5, 5.41) is 8.18. The molecule has 0 atom stereocenters. The molecule has 3 aromatic rings. The third-order valence-corrected chi connectivity index (χ3v) is 6.95. The Balaban J connectivity index is 1.65. The molecule has 1 fully saturated rings. The largest absolute Gasteiger partial charge is 0.444 e. The zero-order valence-electron chi connectivity index (χ0n) is 23.3. The van der Waals surface area contributed by atoms with Crippen molar-refractivity contribution in [2.24, 2.45) is 0 Å². The molecule has 0 radical (unpaired) electrons. The maximum Gasteiger partial charge on any atom is 0.437 e. The second-order valence-electron chi connectivity index (χ2n) is 11.9. The number of aromatic nitrogens is 4. The first-order chi connectivity index (χ1) is 18.1. The maximum absolute atomic E-state index is 13.1. The van der Waals surface area contributed by atoms with Crippen molar-refractivity contribution in [2.75, 3.05) is 18.0 Å². The van der Waals surface area contributed by atoms with Gasteiger partial charge < -0.3 is 19.7 Å². The Bertz CT molecular complexity index is 1400. The molecular weight excluding hydrogens is 543 g/mol. The number of nitrogens with one attached hydrogen (secondary N) is 1. The van der Waals surface area contributed by atoms with Gasteiger partial charge in [-0.15, -0.1) is 4.68 Å². The molecule has 10 nitrogen and oxygen atoms in total. The molecular formula is C27H34Cl2N6O4. The van der Waals surface area contributed by atoms with Crippen LogP contribution in [0.15, 0.2) is 24.4 Å². The van der Waals surface area contributed by atoms with E-state index in [1.165, 1.54) is 0 Å². The second-order valence-corrected chi connectivity index (χ2v) is 12.7. The van der Waals surface area contributed by atoms with Gasteiger partial charge in [-0.1, -0.05) is 35.3 Å². The Hall–Kier alpha value is -3.11. The summed E-state index contributed by atoms with van der Waals surface area (Å²) in [6.07, 6.45) is 1.86. The number of piperidine rings is 1. The fraction of sp³-hybridized carbons (Fsp3) is 0.519. The van der Waals surface area contributed by atoms with Crippen molar-refractivity contribution in [3.8, 4) is 11.3 Å². The van der Waals surface area contributed by atoms with Crippen LogP contribution in [0.5, 0.6) is 0 Å². The van der Waals surface area contributed by atoms with Crippen molar-refractivity contribution in [2.45, 2.75) is 78.0 Å². The number of hydrogen-bond donors (Lipinski definition) is 1. The van der Waals surface area contributed by atoms with Gasteiger partial charge in [0.1, 0.15) is 28.2 Å². The molecule has 1 aliphatic heterocycles. The zero-order valence-corrected chi connectivity index (χ0v) is 24.8. The number of rotatable bonds is 3. The SMILES string of the molecule is CC1(NC(=O)OC(C)(C)C)CCN(c2cnc3c(-c4cccc(Cl)c4Cl)nn(C(=O)OC(C)(C)C)c3n2)CC1. The van der Waals surface area contributed by atoms with Gasteiger partial charge in [0.25, 0.3) is 0 Å². The summed E-state index contributed by atoms with van der Waals surface area (Å²) in [5.41, 5.74) is -0.208. The van der Waals surface area contributed by atoms with Crippen LogP contribution in [0.1, 0.15) is 61.3 Å². The summed E-state index contributed by atoms with van der Waals surface area (Å²) in [7, 11) is 0. The Labute approximate surface area is 238 Å². The number of hydrogen-bond acceptors (Lipinski definition) is 8. The van der Waals surface area contributed by atoms with Crippen LogP contribution in [0, 0.1) is 0 Å². The molecule has 12 heteroatoms. The molecule has 0 spiro atoms. The third kappa shape index (κ3) is 6.73. The van der Waals surface area contributed by atoms with Crippen molar-refractivity contribution in [3.63, 3.8) is 0 Å². The minimum atomic E-state index is -0.743. The number of carbonyl (C=O) groups is 2. The van der Waals surface area contributed by atoms with Gasteiger partial charge in [-0.2, -0.15) is 5.10 Å². The Morgan fingerprint density at radius 3 is 2.28 bits per heavy atom. The summed E-state index contributed by atoms with van der Waals surface area (Å²) in [6, 6.07) is 5.18. The van der Waals surface area contributed by atoms with E-state index in [4.69, 9.17) is 37.7 Å². The molecule has 1 saturated heterocycles. The van der Waals surface area contributed by atoms with Crippen LogP contribution >= 0.6 is 23.2 Å². The normalized spacial score (nSPS) is 15.8. The highest BCUT2D eigenvalue weighted by Gasteiger charge is 2.34. The van der Waals surface area contributed by atoms with Crippen LogP contribution in [0.2, 0.25) is 10.0 Å². The highest BCUT2D eigenvalue weighted by Crippen LogP contribution is 2.36. The smallest absolute Gasteiger partial charge is 0.437 e. The second kappa shape index (κ2) is 10.5. The van der Waals surface area contributed by atoms with E-state index < -0.39 is 28.9 Å². The molecule has 0 bridgehead atoms. The number of carbonyl (C=O) groups excluding carboxylic acids is 2. The average Bonchev–Trinajstić information content (AvgIpc) is 3.17. The van der Waals surface area contributed by atoms with Gasteiger partial charge in [0, 0.05) is 24.2 Å². The molecule has 1 aromatic carbocycles. The average molecular weight is 578 g/mol. The van der Waals surface area contributed by atoms with Gasteiger partial charge in [0.2, 0.25) is 0 Å². The van der Waals surface area contributed by atoms with E-state index in [0.717, 1.165) is 4.68 Å². The van der Waals surface area contributed by atoms with Gasteiger partial charge >= 0.3 is 12.2 Å². The summed E-state index contributed by atoms with van der Waals surface area (Å²) in [5.74, 6) is 0.579. The van der Waals surface area contributed by atoms with E-state index in [0.29, 0.717) is 58.6 Å². The van der Waals surface area contributed by atoms with Crippen molar-refractivity contribution in [1.29, 1.82) is 0 Å². The number of fused-ring (bicyclic) bond motifs is 1. The molecule has 0 aliphatic carbocycles. The van der Waals surface area contributed by atoms with Crippen molar-refractivity contribution in [3.05, 3.63) is 34.4 Å². The molecule has 1 amide bonds. The molecule has 39 heavy (non-hydrogen) atoms. The van der Waals surface area contributed by atoms with E-state index in [1.807, 2.05) is 27.7 Å². The van der Waals surface area contributed by atoms with Crippen molar-refractivity contribution in [1.82, 2.24) is 25.1 Å². The van der Waals surface area contributed by atoms with E-state index >= 15 is 0 Å². The lowest BCUT2D eigenvalue weighted by molar-refractivity contribution is 0.0446. The van der Waals surface area contributed by atoms with Crippen LogP contribution in [0.4, 0.5) is 15.4 Å². The lowest BCUT2D eigenvalue weighted by Crippen LogP contribution is -2.54. The lowest BCUT2D eigenvalue weighted by atomic mass is 9.90. The summed E-state index contributed by atoms with van der Waals surface area (Å²) in [4.78, 5) is 37.0. The number of anilines is 1. The standard InChI is InChI=1S/C27H34Cl2N6O4/c1-25(2,3)38-23(36)32-27(7)11-13-34(14-12-27)18-15-30-21-20(16-9-8-10-17(28)19(16)29)33-35(22(21)31-18)24(37)39-26(4,5)6/h8-10,15H,11-14H2,1-7H3,(H,32,36).